The lowest BCUT2D eigenvalue weighted by molar-refractivity contribution is 0.229. The number of allylic oxidation sites excluding steroid dienone is 1. The summed E-state index contributed by atoms with van der Waals surface area (Å²) < 4.78 is 0. The molecule has 2 amide bonds. The van der Waals surface area contributed by atoms with Gasteiger partial charge in [-0.1, -0.05) is 30.4 Å². The largest absolute Gasteiger partial charge is 0.362 e. The second kappa shape index (κ2) is 6.95. The van der Waals surface area contributed by atoms with Gasteiger partial charge in [0.1, 0.15) is 0 Å². The van der Waals surface area contributed by atoms with Crippen LogP contribution < -0.4 is 10.6 Å². The van der Waals surface area contributed by atoms with Crippen LogP contribution in [0.2, 0.25) is 0 Å². The van der Waals surface area contributed by atoms with Crippen LogP contribution in [0, 0.1) is 13.8 Å². The van der Waals surface area contributed by atoms with E-state index in [2.05, 4.69) is 34.3 Å². The monoisotopic (exact) mass is 325 g/mol. The number of aromatic nitrogens is 1. The average molecular weight is 325 g/mol. The molecule has 0 spiro atoms. The summed E-state index contributed by atoms with van der Waals surface area (Å²) in [7, 11) is 0. The molecule has 0 atom stereocenters. The van der Waals surface area contributed by atoms with Crippen LogP contribution in [-0.2, 0) is 12.1 Å². The number of benzene rings is 1. The number of carbonyl (C=O) groups is 1. The highest BCUT2D eigenvalue weighted by atomic mass is 16.2. The molecule has 1 aromatic carbocycles. The van der Waals surface area contributed by atoms with Crippen LogP contribution in [-0.4, -0.2) is 11.0 Å². The molecule has 0 aliphatic carbocycles. The summed E-state index contributed by atoms with van der Waals surface area (Å²) in [4.78, 5) is 15.5. The summed E-state index contributed by atoms with van der Waals surface area (Å²) in [6, 6.07) is 9.98. The van der Waals surface area contributed by atoms with Gasteiger partial charge < -0.3 is 15.6 Å². The lowest BCUT2D eigenvalue weighted by Gasteiger charge is -2.27. The highest BCUT2D eigenvalue weighted by molar-refractivity contribution is 5.75. The molecule has 0 fully saturated rings. The van der Waals surface area contributed by atoms with Gasteiger partial charge in [0, 0.05) is 17.9 Å². The smallest absolute Gasteiger partial charge is 0.315 e. The fraction of sp³-hybridized carbons (Fsp3) is 0.350. The third kappa shape index (κ3) is 4.28. The van der Waals surface area contributed by atoms with E-state index in [4.69, 9.17) is 0 Å². The van der Waals surface area contributed by atoms with E-state index >= 15 is 0 Å². The number of amides is 2. The fourth-order valence-corrected chi connectivity index (χ4v) is 2.71. The third-order valence-corrected chi connectivity index (χ3v) is 4.20. The van der Waals surface area contributed by atoms with E-state index in [1.807, 2.05) is 52.8 Å². The van der Waals surface area contributed by atoms with E-state index in [1.165, 1.54) is 0 Å². The topological polar surface area (TPSA) is 56.9 Å². The molecule has 4 heteroatoms. The van der Waals surface area contributed by atoms with Crippen molar-refractivity contribution >= 4 is 11.6 Å². The molecule has 1 heterocycles. The number of aromatic amines is 1. The van der Waals surface area contributed by atoms with Crippen molar-refractivity contribution < 1.29 is 4.79 Å². The second-order valence-corrected chi connectivity index (χ2v) is 6.90. The van der Waals surface area contributed by atoms with Crippen LogP contribution >= 0.6 is 0 Å². The van der Waals surface area contributed by atoms with Gasteiger partial charge in [-0.25, -0.2) is 4.79 Å². The zero-order valence-electron chi connectivity index (χ0n) is 15.2. The highest BCUT2D eigenvalue weighted by Gasteiger charge is 2.23. The molecule has 2 aromatic rings. The zero-order valence-corrected chi connectivity index (χ0v) is 15.2. The second-order valence-electron chi connectivity index (χ2n) is 6.90. The Hall–Kier alpha value is -2.49. The third-order valence-electron chi connectivity index (χ3n) is 4.20. The highest BCUT2D eigenvalue weighted by Crippen LogP contribution is 2.23. The van der Waals surface area contributed by atoms with Crippen molar-refractivity contribution in [1.29, 1.82) is 0 Å². The Bertz CT molecular complexity index is 756. The van der Waals surface area contributed by atoms with Crippen LogP contribution in [0.5, 0.6) is 0 Å². The molecular formula is C20H27N3O. The van der Waals surface area contributed by atoms with Gasteiger partial charge in [-0.2, -0.15) is 0 Å². The lowest BCUT2D eigenvalue weighted by Crippen LogP contribution is -2.46. The summed E-state index contributed by atoms with van der Waals surface area (Å²) in [5.74, 6) is 0. The summed E-state index contributed by atoms with van der Waals surface area (Å²) >= 11 is 0. The molecule has 1 aromatic heterocycles. The Morgan fingerprint density at radius 3 is 2.54 bits per heavy atom. The van der Waals surface area contributed by atoms with Crippen molar-refractivity contribution in [2.75, 3.05) is 0 Å². The molecule has 0 bridgehead atoms. The Balaban J connectivity index is 2.02. The van der Waals surface area contributed by atoms with E-state index in [0.29, 0.717) is 6.54 Å². The average Bonchev–Trinajstić information content (AvgIpc) is 2.82. The van der Waals surface area contributed by atoms with Crippen molar-refractivity contribution in [3.8, 4) is 0 Å². The van der Waals surface area contributed by atoms with Crippen molar-refractivity contribution in [2.24, 2.45) is 0 Å². The minimum atomic E-state index is -0.474. The minimum absolute atomic E-state index is 0.181. The molecule has 0 radical (unpaired) electrons. The van der Waals surface area contributed by atoms with E-state index in [-0.39, 0.29) is 6.03 Å². The first-order valence-corrected chi connectivity index (χ1v) is 8.16. The van der Waals surface area contributed by atoms with Gasteiger partial charge in [-0.3, -0.25) is 0 Å². The van der Waals surface area contributed by atoms with Gasteiger partial charge in [-0.15, -0.1) is 0 Å². The van der Waals surface area contributed by atoms with Crippen LogP contribution in [0.4, 0.5) is 4.79 Å². The maximum absolute atomic E-state index is 12.3. The van der Waals surface area contributed by atoms with Crippen molar-refractivity contribution in [3.05, 3.63) is 65.0 Å². The van der Waals surface area contributed by atoms with Gasteiger partial charge in [-0.05, 0) is 63.4 Å². The summed E-state index contributed by atoms with van der Waals surface area (Å²) in [5.41, 5.74) is 5.95. The Kier molecular flexibility index (Phi) is 5.17. The number of urea groups is 1. The van der Waals surface area contributed by atoms with Crippen molar-refractivity contribution in [1.82, 2.24) is 15.6 Å². The number of aryl methyl sites for hydroxylation is 2. The van der Waals surface area contributed by atoms with E-state index in [0.717, 1.165) is 33.7 Å². The van der Waals surface area contributed by atoms with E-state index in [9.17, 15) is 4.79 Å². The molecule has 2 rings (SSSR count). The molecule has 0 saturated heterocycles. The predicted molar refractivity (Wildman–Crippen MR) is 99.8 cm³/mol. The Labute approximate surface area is 144 Å². The summed E-state index contributed by atoms with van der Waals surface area (Å²) in [6.07, 6.45) is 0. The lowest BCUT2D eigenvalue weighted by atomic mass is 9.92. The molecule has 3 N–H and O–H groups in total. The van der Waals surface area contributed by atoms with Gasteiger partial charge in [0.05, 0.1) is 5.54 Å². The quantitative estimate of drug-likeness (QED) is 0.750. The van der Waals surface area contributed by atoms with Gasteiger partial charge >= 0.3 is 6.03 Å². The van der Waals surface area contributed by atoms with E-state index in [1.54, 1.807) is 0 Å². The number of rotatable bonds is 5. The van der Waals surface area contributed by atoms with Crippen molar-refractivity contribution in [2.45, 2.75) is 46.7 Å². The molecule has 0 aliphatic heterocycles. The number of nitrogens with one attached hydrogen (secondary N) is 3. The number of hydrogen-bond donors (Lipinski definition) is 3. The molecule has 0 saturated carbocycles. The first-order chi connectivity index (χ1) is 11.2. The van der Waals surface area contributed by atoms with Crippen LogP contribution in [0.25, 0.3) is 5.57 Å². The molecule has 0 unspecified atom stereocenters. The maximum Gasteiger partial charge on any atom is 0.315 e. The van der Waals surface area contributed by atoms with E-state index < -0.39 is 5.54 Å². The molecule has 128 valence electrons. The number of H-pyrrole nitrogens is 1. The zero-order chi connectivity index (χ0) is 17.9. The minimum Gasteiger partial charge on any atom is -0.362 e. The summed E-state index contributed by atoms with van der Waals surface area (Å²) in [6.45, 7) is 14.5. The Morgan fingerprint density at radius 2 is 1.96 bits per heavy atom. The molecule has 0 aliphatic rings. The Morgan fingerprint density at radius 1 is 1.25 bits per heavy atom. The predicted octanol–water partition coefficient (Wildman–Crippen LogP) is 4.40. The maximum atomic E-state index is 12.3. The van der Waals surface area contributed by atoms with Gasteiger partial charge in [0.15, 0.2) is 0 Å². The van der Waals surface area contributed by atoms with Crippen LogP contribution in [0.1, 0.15) is 48.8 Å². The van der Waals surface area contributed by atoms with Crippen LogP contribution in [0.3, 0.4) is 0 Å². The molecule has 24 heavy (non-hydrogen) atoms. The number of hydrogen-bond acceptors (Lipinski definition) is 1. The standard InChI is InChI=1S/C20H27N3O/c1-13(2)16-8-7-9-18(11-16)20(5,6)23-19(24)21-12-17-10-14(3)22-15(17)4/h7-11,22H,1,12H2,2-6H3,(H2,21,23,24). The molecular weight excluding hydrogens is 298 g/mol. The first-order valence-electron chi connectivity index (χ1n) is 8.16. The normalized spacial score (nSPS) is 11.2. The first kappa shape index (κ1) is 17.9. The summed E-state index contributed by atoms with van der Waals surface area (Å²) in [5, 5.41) is 5.97. The fourth-order valence-electron chi connectivity index (χ4n) is 2.71. The van der Waals surface area contributed by atoms with Gasteiger partial charge in [0.25, 0.3) is 0 Å². The SMILES string of the molecule is C=C(C)c1cccc(C(C)(C)NC(=O)NCc2cc(C)[nH]c2C)c1. The van der Waals surface area contributed by atoms with Crippen LogP contribution in [0.15, 0.2) is 36.9 Å². The molecule has 4 nitrogen and oxygen atoms in total. The number of carbonyl (C=O) groups excluding carboxylic acids is 1. The van der Waals surface area contributed by atoms with Crippen molar-refractivity contribution in [3.63, 3.8) is 0 Å². The van der Waals surface area contributed by atoms with Gasteiger partial charge in [0.2, 0.25) is 0 Å².